The van der Waals surface area contributed by atoms with Gasteiger partial charge in [0.05, 0.1) is 0 Å². The third-order valence-corrected chi connectivity index (χ3v) is 3.64. The highest BCUT2D eigenvalue weighted by Crippen LogP contribution is 2.46. The number of halogens is 1. The lowest BCUT2D eigenvalue weighted by atomic mass is 10.00. The molecule has 0 bridgehead atoms. The molecule has 2 aliphatic heterocycles. The number of ether oxygens (including phenoxy) is 1. The lowest BCUT2D eigenvalue weighted by Gasteiger charge is -2.20. The molecule has 0 spiro atoms. The number of hydrogen-bond acceptors (Lipinski definition) is 3. The highest BCUT2D eigenvalue weighted by Gasteiger charge is 2.41. The summed E-state index contributed by atoms with van der Waals surface area (Å²) < 4.78 is 6.20. The van der Waals surface area contributed by atoms with E-state index in [-0.39, 0.29) is 9.86 Å². The Morgan fingerprint density at radius 3 is 3.00 bits per heavy atom. The maximum atomic E-state index is 11.5. The van der Waals surface area contributed by atoms with Gasteiger partial charge in [0.25, 0.3) is 5.12 Å². The van der Waals surface area contributed by atoms with Gasteiger partial charge in [-0.2, -0.15) is 0 Å². The van der Waals surface area contributed by atoms with Crippen molar-refractivity contribution in [3.63, 3.8) is 0 Å². The van der Waals surface area contributed by atoms with Crippen LogP contribution in [0.4, 0.5) is 0 Å². The molecule has 0 N–H and O–H groups in total. The smallest absolute Gasteiger partial charge is 0.255 e. The van der Waals surface area contributed by atoms with Crippen molar-refractivity contribution in [1.82, 2.24) is 0 Å². The molecule has 4 heteroatoms. The zero-order valence-corrected chi connectivity index (χ0v) is 9.79. The standard InChI is InChI=1S/C9H9BrO2S/c1-9(2)6-3-5(10)4-12-7(6)8(11)13-9/h3H,4H2,1-2H3. The molecule has 2 heterocycles. The van der Waals surface area contributed by atoms with Crippen LogP contribution < -0.4 is 0 Å². The van der Waals surface area contributed by atoms with Crippen LogP contribution in [0.2, 0.25) is 0 Å². The number of allylic oxidation sites excluding steroid dienone is 1. The molecular formula is C9H9BrO2S. The topological polar surface area (TPSA) is 26.3 Å². The first-order chi connectivity index (χ1) is 6.00. The van der Waals surface area contributed by atoms with Gasteiger partial charge in [-0.3, -0.25) is 4.79 Å². The maximum absolute atomic E-state index is 11.5. The average molecular weight is 261 g/mol. The Labute approximate surface area is 89.5 Å². The number of thioether (sulfide) groups is 1. The van der Waals surface area contributed by atoms with E-state index in [0.717, 1.165) is 10.1 Å². The molecule has 0 aromatic carbocycles. The summed E-state index contributed by atoms with van der Waals surface area (Å²) >= 11 is 4.70. The summed E-state index contributed by atoms with van der Waals surface area (Å²) in [6.07, 6.45) is 2.00. The molecule has 0 aliphatic carbocycles. The summed E-state index contributed by atoms with van der Waals surface area (Å²) in [6, 6.07) is 0. The van der Waals surface area contributed by atoms with Gasteiger partial charge in [-0.25, -0.2) is 0 Å². The average Bonchev–Trinajstić information content (AvgIpc) is 2.23. The SMILES string of the molecule is CC1(C)SC(=O)C2=C1C=C(Br)CO2. The van der Waals surface area contributed by atoms with E-state index in [1.165, 1.54) is 11.8 Å². The fourth-order valence-corrected chi connectivity index (χ4v) is 2.76. The number of carbonyl (C=O) groups is 1. The molecule has 13 heavy (non-hydrogen) atoms. The van der Waals surface area contributed by atoms with Gasteiger partial charge in [0.2, 0.25) is 0 Å². The van der Waals surface area contributed by atoms with Crippen LogP contribution in [-0.4, -0.2) is 16.5 Å². The summed E-state index contributed by atoms with van der Waals surface area (Å²) in [7, 11) is 0. The predicted molar refractivity (Wildman–Crippen MR) is 56.7 cm³/mol. The van der Waals surface area contributed by atoms with Crippen molar-refractivity contribution in [2.24, 2.45) is 0 Å². The molecule has 2 nitrogen and oxygen atoms in total. The Bertz CT molecular complexity index is 342. The molecule has 0 radical (unpaired) electrons. The first-order valence-corrected chi connectivity index (χ1v) is 5.58. The second-order valence-corrected chi connectivity index (χ2v) is 6.14. The summed E-state index contributed by atoms with van der Waals surface area (Å²) in [5.74, 6) is 0.540. The van der Waals surface area contributed by atoms with Crippen LogP contribution in [0.15, 0.2) is 21.9 Å². The molecule has 70 valence electrons. The van der Waals surface area contributed by atoms with Gasteiger partial charge in [-0.1, -0.05) is 27.7 Å². The normalized spacial score (nSPS) is 25.5. The second kappa shape index (κ2) is 2.89. The minimum absolute atomic E-state index is 0.0521. The van der Waals surface area contributed by atoms with E-state index in [0.29, 0.717) is 12.4 Å². The van der Waals surface area contributed by atoms with E-state index in [1.807, 2.05) is 19.9 Å². The fraction of sp³-hybridized carbons (Fsp3) is 0.444. The minimum atomic E-state index is -0.147. The van der Waals surface area contributed by atoms with Crippen LogP contribution in [0, 0.1) is 0 Å². The Morgan fingerprint density at radius 2 is 2.31 bits per heavy atom. The monoisotopic (exact) mass is 260 g/mol. The summed E-state index contributed by atoms with van der Waals surface area (Å²) in [5, 5.41) is 0.0521. The van der Waals surface area contributed by atoms with E-state index >= 15 is 0 Å². The Kier molecular flexibility index (Phi) is 2.07. The van der Waals surface area contributed by atoms with Gasteiger partial charge in [0, 0.05) is 14.8 Å². The molecule has 0 aromatic heterocycles. The van der Waals surface area contributed by atoms with E-state index in [4.69, 9.17) is 4.74 Å². The number of carbonyl (C=O) groups excluding carboxylic acids is 1. The van der Waals surface area contributed by atoms with Crippen molar-refractivity contribution in [1.29, 1.82) is 0 Å². The van der Waals surface area contributed by atoms with Gasteiger partial charge in [-0.05, 0) is 19.9 Å². The quantitative estimate of drug-likeness (QED) is 0.670. The van der Waals surface area contributed by atoms with E-state index in [1.54, 1.807) is 0 Å². The Balaban J connectivity index is 2.49. The zero-order valence-electron chi connectivity index (χ0n) is 7.39. The zero-order chi connectivity index (χ0) is 9.64. The molecule has 0 saturated carbocycles. The van der Waals surface area contributed by atoms with Crippen LogP contribution in [0.25, 0.3) is 0 Å². The van der Waals surface area contributed by atoms with Crippen LogP contribution in [-0.2, 0) is 9.53 Å². The van der Waals surface area contributed by atoms with Crippen molar-refractivity contribution in [3.05, 3.63) is 21.9 Å². The van der Waals surface area contributed by atoms with E-state index in [2.05, 4.69) is 15.9 Å². The predicted octanol–water partition coefficient (Wildman–Crippen LogP) is 2.60. The molecular weight excluding hydrogens is 252 g/mol. The summed E-state index contributed by atoms with van der Waals surface area (Å²) in [4.78, 5) is 11.5. The molecule has 0 amide bonds. The number of hydrogen-bond donors (Lipinski definition) is 0. The Hall–Kier alpha value is -0.220. The number of rotatable bonds is 0. The van der Waals surface area contributed by atoms with Crippen LogP contribution in [0.5, 0.6) is 0 Å². The molecule has 0 saturated heterocycles. The van der Waals surface area contributed by atoms with Crippen molar-refractivity contribution in [2.75, 3.05) is 6.61 Å². The molecule has 0 unspecified atom stereocenters. The molecule has 0 aromatic rings. The van der Waals surface area contributed by atoms with Crippen LogP contribution in [0.3, 0.4) is 0 Å². The van der Waals surface area contributed by atoms with Crippen molar-refractivity contribution in [2.45, 2.75) is 18.6 Å². The molecule has 0 atom stereocenters. The highest BCUT2D eigenvalue weighted by atomic mass is 79.9. The van der Waals surface area contributed by atoms with Crippen molar-refractivity contribution < 1.29 is 9.53 Å². The fourth-order valence-electron chi connectivity index (χ4n) is 1.43. The van der Waals surface area contributed by atoms with Crippen LogP contribution >= 0.6 is 27.7 Å². The highest BCUT2D eigenvalue weighted by molar-refractivity contribution is 9.11. The summed E-state index contributed by atoms with van der Waals surface area (Å²) in [6.45, 7) is 4.54. The molecule has 0 fully saturated rings. The second-order valence-electron chi connectivity index (χ2n) is 3.52. The largest absolute Gasteiger partial charge is 0.483 e. The van der Waals surface area contributed by atoms with E-state index < -0.39 is 0 Å². The van der Waals surface area contributed by atoms with Crippen molar-refractivity contribution >= 4 is 32.8 Å². The third kappa shape index (κ3) is 1.46. The Morgan fingerprint density at radius 1 is 1.62 bits per heavy atom. The van der Waals surface area contributed by atoms with Gasteiger partial charge in [0.1, 0.15) is 6.61 Å². The van der Waals surface area contributed by atoms with E-state index in [9.17, 15) is 4.79 Å². The van der Waals surface area contributed by atoms with Crippen molar-refractivity contribution in [3.8, 4) is 0 Å². The van der Waals surface area contributed by atoms with Gasteiger partial charge in [0.15, 0.2) is 5.76 Å². The van der Waals surface area contributed by atoms with Gasteiger partial charge < -0.3 is 4.74 Å². The first-order valence-electron chi connectivity index (χ1n) is 3.98. The lowest BCUT2D eigenvalue weighted by molar-refractivity contribution is -0.110. The molecule has 2 rings (SSSR count). The maximum Gasteiger partial charge on any atom is 0.255 e. The first kappa shape index (κ1) is 9.34. The minimum Gasteiger partial charge on any atom is -0.483 e. The van der Waals surface area contributed by atoms with Gasteiger partial charge >= 0.3 is 0 Å². The van der Waals surface area contributed by atoms with Gasteiger partial charge in [-0.15, -0.1) is 0 Å². The van der Waals surface area contributed by atoms with Crippen LogP contribution in [0.1, 0.15) is 13.8 Å². The third-order valence-electron chi connectivity index (χ3n) is 2.08. The lowest BCUT2D eigenvalue weighted by Crippen LogP contribution is -2.15. The molecule has 2 aliphatic rings. The summed E-state index contributed by atoms with van der Waals surface area (Å²) in [5.41, 5.74) is 1.00.